The Hall–Kier alpha value is 0.210. The maximum absolute atomic E-state index is 11.5. The van der Waals surface area contributed by atoms with E-state index in [0.717, 1.165) is 32.1 Å². The molecule has 214 valence electrons. The standard InChI is InChI=1S/C34H66O2.Na/c1-3-5-7-9-11-13-15-17-19-21-23-25-27-29-31-33(34(35)36)32-30-28-26-24-22-20-18-16-14-12-10-8-6-4-2;/h17,19,33H,3-16,18,20-32H2,1-2H3,(H,35,36);/q;+1/p-1/b19-17-;. The molecule has 0 saturated heterocycles. The van der Waals surface area contributed by atoms with Crippen LogP contribution in [0.4, 0.5) is 0 Å². The van der Waals surface area contributed by atoms with Gasteiger partial charge in [-0.25, -0.2) is 0 Å². The van der Waals surface area contributed by atoms with Gasteiger partial charge in [-0.15, -0.1) is 0 Å². The molecule has 0 aliphatic heterocycles. The zero-order chi connectivity index (χ0) is 26.4. The maximum atomic E-state index is 11.5. The van der Waals surface area contributed by atoms with Gasteiger partial charge in [0.25, 0.3) is 0 Å². The number of hydrogen-bond acceptors (Lipinski definition) is 2. The third kappa shape index (κ3) is 32.3. The molecule has 0 aromatic rings. The van der Waals surface area contributed by atoms with Crippen molar-refractivity contribution >= 4 is 5.97 Å². The van der Waals surface area contributed by atoms with Gasteiger partial charge in [-0.1, -0.05) is 167 Å². The van der Waals surface area contributed by atoms with Crippen molar-refractivity contribution in [1.29, 1.82) is 0 Å². The molecule has 0 rings (SSSR count). The third-order valence-electron chi connectivity index (χ3n) is 7.80. The van der Waals surface area contributed by atoms with Crippen LogP contribution in [0.5, 0.6) is 0 Å². The molecule has 0 fully saturated rings. The van der Waals surface area contributed by atoms with Crippen molar-refractivity contribution in [1.82, 2.24) is 0 Å². The van der Waals surface area contributed by atoms with Crippen LogP contribution in [-0.4, -0.2) is 5.97 Å². The summed E-state index contributed by atoms with van der Waals surface area (Å²) in [5.74, 6) is -1.04. The van der Waals surface area contributed by atoms with E-state index in [2.05, 4.69) is 26.0 Å². The molecule has 0 saturated carbocycles. The molecule has 3 heteroatoms. The SMILES string of the molecule is CCCCCCCC/C=C\CCCCCCC(CCCCCCCCCCCCCCCC)C(=O)[O-].[Na+]. The molecule has 0 spiro atoms. The summed E-state index contributed by atoms with van der Waals surface area (Å²) in [6.07, 6.45) is 40.5. The summed E-state index contributed by atoms with van der Waals surface area (Å²) in [7, 11) is 0. The third-order valence-corrected chi connectivity index (χ3v) is 7.80. The van der Waals surface area contributed by atoms with Crippen LogP contribution in [0, 0.1) is 5.92 Å². The van der Waals surface area contributed by atoms with Crippen molar-refractivity contribution < 1.29 is 39.5 Å². The van der Waals surface area contributed by atoms with Crippen molar-refractivity contribution in [2.75, 3.05) is 0 Å². The maximum Gasteiger partial charge on any atom is 1.00 e. The molecular formula is C34H65NaO2. The van der Waals surface area contributed by atoms with Gasteiger partial charge in [0.2, 0.25) is 0 Å². The molecule has 0 bridgehead atoms. The van der Waals surface area contributed by atoms with Crippen LogP contribution in [0.3, 0.4) is 0 Å². The number of carboxylic acid groups (broad SMARTS) is 1. The second-order valence-corrected chi connectivity index (χ2v) is 11.4. The number of aliphatic carboxylic acids is 1. The quantitative estimate of drug-likeness (QED) is 0.0540. The summed E-state index contributed by atoms with van der Waals surface area (Å²) >= 11 is 0. The summed E-state index contributed by atoms with van der Waals surface area (Å²) < 4.78 is 0. The summed E-state index contributed by atoms with van der Waals surface area (Å²) in [6, 6.07) is 0. The number of hydrogen-bond donors (Lipinski definition) is 0. The van der Waals surface area contributed by atoms with E-state index in [0.29, 0.717) is 0 Å². The fraction of sp³-hybridized carbons (Fsp3) is 0.912. The van der Waals surface area contributed by atoms with E-state index in [1.807, 2.05) is 0 Å². The first kappa shape index (κ1) is 39.4. The van der Waals surface area contributed by atoms with Crippen LogP contribution in [0.1, 0.15) is 194 Å². The van der Waals surface area contributed by atoms with Gasteiger partial charge in [-0.3, -0.25) is 0 Å². The van der Waals surface area contributed by atoms with Crippen LogP contribution >= 0.6 is 0 Å². The van der Waals surface area contributed by atoms with Gasteiger partial charge in [-0.05, 0) is 44.4 Å². The Kier molecular flexibility index (Phi) is 36.4. The Balaban J connectivity index is 0. The van der Waals surface area contributed by atoms with Gasteiger partial charge in [0.1, 0.15) is 0 Å². The van der Waals surface area contributed by atoms with Crippen molar-refractivity contribution in [3.63, 3.8) is 0 Å². The van der Waals surface area contributed by atoms with Crippen LogP contribution in [0.15, 0.2) is 12.2 Å². The van der Waals surface area contributed by atoms with E-state index in [1.54, 1.807) is 0 Å². The van der Waals surface area contributed by atoms with Crippen molar-refractivity contribution in [2.24, 2.45) is 5.92 Å². The first-order valence-electron chi connectivity index (χ1n) is 16.6. The fourth-order valence-corrected chi connectivity index (χ4v) is 5.25. The number of unbranched alkanes of at least 4 members (excludes halogenated alkanes) is 23. The van der Waals surface area contributed by atoms with Crippen molar-refractivity contribution in [2.45, 2.75) is 194 Å². The minimum Gasteiger partial charge on any atom is -0.550 e. The summed E-state index contributed by atoms with van der Waals surface area (Å²) in [6.45, 7) is 4.55. The topological polar surface area (TPSA) is 40.1 Å². The van der Waals surface area contributed by atoms with Crippen LogP contribution < -0.4 is 34.7 Å². The van der Waals surface area contributed by atoms with E-state index in [9.17, 15) is 9.90 Å². The minimum atomic E-state index is -0.817. The Morgan fingerprint density at radius 1 is 0.486 bits per heavy atom. The van der Waals surface area contributed by atoms with E-state index >= 15 is 0 Å². The largest absolute Gasteiger partial charge is 1.00 e. The number of rotatable bonds is 30. The molecule has 0 heterocycles. The molecule has 0 radical (unpaired) electrons. The molecular weight excluding hydrogens is 463 g/mol. The van der Waals surface area contributed by atoms with Gasteiger partial charge in [0, 0.05) is 5.97 Å². The fourth-order valence-electron chi connectivity index (χ4n) is 5.25. The molecule has 0 aliphatic rings. The number of carbonyl (C=O) groups excluding carboxylic acids is 1. The molecule has 0 aromatic carbocycles. The van der Waals surface area contributed by atoms with Gasteiger partial charge >= 0.3 is 29.6 Å². The summed E-state index contributed by atoms with van der Waals surface area (Å²) in [5.41, 5.74) is 0. The van der Waals surface area contributed by atoms with E-state index < -0.39 is 5.97 Å². The minimum absolute atomic E-state index is 0. The molecule has 37 heavy (non-hydrogen) atoms. The molecule has 2 nitrogen and oxygen atoms in total. The van der Waals surface area contributed by atoms with E-state index in [-0.39, 0.29) is 35.5 Å². The Morgan fingerprint density at radius 3 is 1.05 bits per heavy atom. The van der Waals surface area contributed by atoms with E-state index in [4.69, 9.17) is 0 Å². The molecule has 0 amide bonds. The molecule has 0 aliphatic carbocycles. The summed E-state index contributed by atoms with van der Waals surface area (Å²) in [5, 5.41) is 11.5. The average Bonchev–Trinajstić information content (AvgIpc) is 2.87. The van der Waals surface area contributed by atoms with Crippen molar-refractivity contribution in [3.05, 3.63) is 12.2 Å². The molecule has 1 unspecified atom stereocenters. The second kappa shape index (κ2) is 34.2. The predicted molar refractivity (Wildman–Crippen MR) is 158 cm³/mol. The first-order chi connectivity index (χ1) is 17.7. The normalized spacial score (nSPS) is 12.2. The van der Waals surface area contributed by atoms with Crippen LogP contribution in [0.25, 0.3) is 0 Å². The van der Waals surface area contributed by atoms with E-state index in [1.165, 1.54) is 148 Å². The number of allylic oxidation sites excluding steroid dienone is 2. The number of carbonyl (C=O) groups is 1. The molecule has 0 aromatic heterocycles. The van der Waals surface area contributed by atoms with Crippen LogP contribution in [-0.2, 0) is 4.79 Å². The Bertz CT molecular complexity index is 463. The zero-order valence-corrected chi connectivity index (χ0v) is 27.8. The number of carboxylic acids is 1. The predicted octanol–water partition coefficient (Wildman–Crippen LogP) is 7.88. The Labute approximate surface area is 255 Å². The van der Waals surface area contributed by atoms with Gasteiger partial charge in [0.15, 0.2) is 0 Å². The molecule has 1 atom stereocenters. The van der Waals surface area contributed by atoms with Gasteiger partial charge in [-0.2, -0.15) is 0 Å². The smallest absolute Gasteiger partial charge is 0.550 e. The monoisotopic (exact) mass is 528 g/mol. The molecule has 0 N–H and O–H groups in total. The zero-order valence-electron chi connectivity index (χ0n) is 25.8. The summed E-state index contributed by atoms with van der Waals surface area (Å²) in [4.78, 5) is 11.5. The van der Waals surface area contributed by atoms with Crippen molar-refractivity contribution in [3.8, 4) is 0 Å². The van der Waals surface area contributed by atoms with Crippen LogP contribution in [0.2, 0.25) is 0 Å². The average molecular weight is 529 g/mol. The van der Waals surface area contributed by atoms with Gasteiger partial charge < -0.3 is 9.90 Å². The Morgan fingerprint density at radius 2 is 0.757 bits per heavy atom. The second-order valence-electron chi connectivity index (χ2n) is 11.4. The first-order valence-corrected chi connectivity index (χ1v) is 16.6. The van der Waals surface area contributed by atoms with Gasteiger partial charge in [0.05, 0.1) is 0 Å².